The van der Waals surface area contributed by atoms with Crippen molar-refractivity contribution in [2.75, 3.05) is 11.9 Å². The molecule has 4 rings (SSSR count). The van der Waals surface area contributed by atoms with Crippen LogP contribution in [0, 0.1) is 0 Å². The number of carboxylic acid groups (broad SMARTS) is 1. The zero-order chi connectivity index (χ0) is 19.7. The number of carboxylic acids is 1. The highest BCUT2D eigenvalue weighted by Gasteiger charge is 2.38. The number of aliphatic carboxylic acids is 1. The predicted molar refractivity (Wildman–Crippen MR) is 111 cm³/mol. The number of fused-ring (bicyclic) bond motifs is 1. The number of halogens is 1. The van der Waals surface area contributed by atoms with Gasteiger partial charge in [-0.2, -0.15) is 0 Å². The van der Waals surface area contributed by atoms with Crippen molar-refractivity contribution >= 4 is 27.6 Å². The van der Waals surface area contributed by atoms with Crippen LogP contribution in [-0.4, -0.2) is 27.6 Å². The monoisotopic (exact) mass is 438 g/mol. The van der Waals surface area contributed by atoms with E-state index in [1.54, 1.807) is 12.1 Å². The van der Waals surface area contributed by atoms with Crippen LogP contribution in [0.25, 0.3) is 0 Å². The van der Waals surface area contributed by atoms with Gasteiger partial charge in [0.15, 0.2) is 0 Å². The van der Waals surface area contributed by atoms with Gasteiger partial charge in [-0.1, -0.05) is 64.5 Å². The van der Waals surface area contributed by atoms with Crippen LogP contribution in [0.3, 0.4) is 0 Å². The summed E-state index contributed by atoms with van der Waals surface area (Å²) >= 11 is 3.53. The van der Waals surface area contributed by atoms with Gasteiger partial charge < -0.3 is 15.5 Å². The quantitative estimate of drug-likeness (QED) is 0.547. The molecule has 0 amide bonds. The maximum absolute atomic E-state index is 11.7. The lowest BCUT2D eigenvalue weighted by Crippen LogP contribution is -2.44. The molecule has 3 aromatic rings. The fourth-order valence-corrected chi connectivity index (χ4v) is 4.15. The Labute approximate surface area is 171 Å². The summed E-state index contributed by atoms with van der Waals surface area (Å²) in [5, 5.41) is 23.5. The SMILES string of the molecule is O=C(O)CN1[C@@H](c2ccccc2)c2cc(Br)ccc2N[C@H]1c1ccccc1O. The van der Waals surface area contributed by atoms with E-state index < -0.39 is 12.1 Å². The lowest BCUT2D eigenvalue weighted by atomic mass is 9.91. The number of hydrogen-bond donors (Lipinski definition) is 3. The predicted octanol–water partition coefficient (Wildman–Crippen LogP) is 4.76. The van der Waals surface area contributed by atoms with Gasteiger partial charge >= 0.3 is 5.97 Å². The third kappa shape index (κ3) is 3.48. The van der Waals surface area contributed by atoms with E-state index in [0.717, 1.165) is 21.3 Å². The molecule has 3 N–H and O–H groups in total. The van der Waals surface area contributed by atoms with Gasteiger partial charge in [0.05, 0.1) is 12.6 Å². The van der Waals surface area contributed by atoms with Crippen molar-refractivity contribution < 1.29 is 15.0 Å². The Hall–Kier alpha value is -2.83. The number of carbonyl (C=O) groups is 1. The number of nitrogens with zero attached hydrogens (tertiary/aromatic N) is 1. The summed E-state index contributed by atoms with van der Waals surface area (Å²) in [6.07, 6.45) is -0.490. The fourth-order valence-electron chi connectivity index (χ4n) is 3.77. The molecule has 5 nitrogen and oxygen atoms in total. The van der Waals surface area contributed by atoms with Gasteiger partial charge in [-0.25, -0.2) is 0 Å². The summed E-state index contributed by atoms with van der Waals surface area (Å²) in [5.74, 6) is -0.802. The van der Waals surface area contributed by atoms with Gasteiger partial charge in [0.1, 0.15) is 11.9 Å². The van der Waals surface area contributed by atoms with E-state index >= 15 is 0 Å². The molecule has 0 saturated heterocycles. The lowest BCUT2D eigenvalue weighted by Gasteiger charge is -2.44. The Morgan fingerprint density at radius 1 is 1.00 bits per heavy atom. The topological polar surface area (TPSA) is 72.8 Å². The van der Waals surface area contributed by atoms with E-state index in [2.05, 4.69) is 21.2 Å². The summed E-state index contributed by atoms with van der Waals surface area (Å²) in [5.41, 5.74) is 3.52. The van der Waals surface area contributed by atoms with E-state index in [9.17, 15) is 15.0 Å². The van der Waals surface area contributed by atoms with Crippen molar-refractivity contribution in [1.29, 1.82) is 0 Å². The van der Waals surface area contributed by atoms with Crippen LogP contribution >= 0.6 is 15.9 Å². The van der Waals surface area contributed by atoms with Gasteiger partial charge in [-0.3, -0.25) is 9.69 Å². The Morgan fingerprint density at radius 2 is 1.71 bits per heavy atom. The first kappa shape index (κ1) is 18.5. The number of para-hydroxylation sites is 1. The minimum atomic E-state index is -0.929. The second-order valence-electron chi connectivity index (χ2n) is 6.72. The summed E-state index contributed by atoms with van der Waals surface area (Å²) in [4.78, 5) is 13.6. The standard InChI is InChI=1S/C22H19BrN2O3/c23-15-10-11-18-17(12-15)21(14-6-2-1-3-7-14)25(13-20(27)28)22(24-18)16-8-4-5-9-19(16)26/h1-12,21-22,24,26H,13H2,(H,27,28)/t21-,22+/m0/s1. The average Bonchev–Trinajstić information content (AvgIpc) is 2.68. The van der Waals surface area contributed by atoms with Crippen LogP contribution in [0.1, 0.15) is 28.9 Å². The normalized spacial score (nSPS) is 18.9. The first-order valence-corrected chi connectivity index (χ1v) is 9.70. The number of phenolic OH excluding ortho intramolecular Hbond substituents is 1. The molecule has 0 unspecified atom stereocenters. The zero-order valence-electron chi connectivity index (χ0n) is 14.9. The van der Waals surface area contributed by atoms with Gasteiger partial charge in [0, 0.05) is 15.7 Å². The summed E-state index contributed by atoms with van der Waals surface area (Å²) in [6, 6.07) is 22.5. The van der Waals surface area contributed by atoms with Crippen molar-refractivity contribution in [2.45, 2.75) is 12.2 Å². The highest BCUT2D eigenvalue weighted by molar-refractivity contribution is 9.10. The molecule has 28 heavy (non-hydrogen) atoms. The number of phenols is 1. The molecule has 0 fully saturated rings. The molecule has 3 aromatic carbocycles. The minimum Gasteiger partial charge on any atom is -0.508 e. The van der Waals surface area contributed by atoms with E-state index in [4.69, 9.17) is 0 Å². The Balaban J connectivity index is 1.92. The van der Waals surface area contributed by atoms with Crippen LogP contribution in [0.15, 0.2) is 77.3 Å². The molecule has 0 aromatic heterocycles. The largest absolute Gasteiger partial charge is 0.508 e. The molecule has 6 heteroatoms. The van der Waals surface area contributed by atoms with Crippen LogP contribution in [-0.2, 0) is 4.79 Å². The molecule has 0 bridgehead atoms. The molecule has 142 valence electrons. The lowest BCUT2D eigenvalue weighted by molar-refractivity contribution is -0.139. The average molecular weight is 439 g/mol. The van der Waals surface area contributed by atoms with Crippen LogP contribution < -0.4 is 5.32 Å². The third-order valence-electron chi connectivity index (χ3n) is 4.93. The maximum Gasteiger partial charge on any atom is 0.317 e. The Morgan fingerprint density at radius 3 is 2.43 bits per heavy atom. The van der Waals surface area contributed by atoms with Crippen molar-refractivity contribution in [2.24, 2.45) is 0 Å². The molecule has 0 radical (unpaired) electrons. The maximum atomic E-state index is 11.7. The van der Waals surface area contributed by atoms with Gasteiger partial charge in [0.25, 0.3) is 0 Å². The van der Waals surface area contributed by atoms with Crippen LogP contribution in [0.5, 0.6) is 5.75 Å². The fraction of sp³-hybridized carbons (Fsp3) is 0.136. The second kappa shape index (κ2) is 7.66. The van der Waals surface area contributed by atoms with Crippen LogP contribution in [0.4, 0.5) is 5.69 Å². The molecule has 0 saturated carbocycles. The molecular weight excluding hydrogens is 420 g/mol. The first-order chi connectivity index (χ1) is 13.5. The number of anilines is 1. The number of aromatic hydroxyl groups is 1. The number of hydrogen-bond acceptors (Lipinski definition) is 4. The zero-order valence-corrected chi connectivity index (χ0v) is 16.5. The van der Waals surface area contributed by atoms with E-state index in [-0.39, 0.29) is 18.3 Å². The molecule has 1 heterocycles. The Kier molecular flexibility index (Phi) is 5.07. The second-order valence-corrected chi connectivity index (χ2v) is 7.63. The third-order valence-corrected chi connectivity index (χ3v) is 5.42. The molecule has 0 aliphatic carbocycles. The molecule has 0 spiro atoms. The summed E-state index contributed by atoms with van der Waals surface area (Å²) in [7, 11) is 0. The van der Waals surface area contributed by atoms with Crippen LogP contribution in [0.2, 0.25) is 0 Å². The molecule has 2 atom stereocenters. The highest BCUT2D eigenvalue weighted by Crippen LogP contribution is 2.45. The van der Waals surface area contributed by atoms with Crippen molar-refractivity contribution in [3.05, 3.63) is 94.0 Å². The van der Waals surface area contributed by atoms with Crippen molar-refractivity contribution in [3.8, 4) is 5.75 Å². The number of benzene rings is 3. The van der Waals surface area contributed by atoms with Gasteiger partial charge in [-0.05, 0) is 35.4 Å². The summed E-state index contributed by atoms with van der Waals surface area (Å²) < 4.78 is 0.922. The molecular formula is C22H19BrN2O3. The smallest absolute Gasteiger partial charge is 0.317 e. The highest BCUT2D eigenvalue weighted by atomic mass is 79.9. The first-order valence-electron chi connectivity index (χ1n) is 8.91. The van der Waals surface area contributed by atoms with E-state index in [1.807, 2.05) is 65.6 Å². The van der Waals surface area contributed by atoms with Gasteiger partial charge in [0.2, 0.25) is 0 Å². The molecule has 1 aliphatic rings. The minimum absolute atomic E-state index is 0.128. The number of rotatable bonds is 4. The molecule has 1 aliphatic heterocycles. The number of nitrogens with one attached hydrogen (secondary N) is 1. The van der Waals surface area contributed by atoms with Gasteiger partial charge in [-0.15, -0.1) is 0 Å². The van der Waals surface area contributed by atoms with E-state index in [1.165, 1.54) is 0 Å². The van der Waals surface area contributed by atoms with E-state index in [0.29, 0.717) is 5.56 Å². The van der Waals surface area contributed by atoms with Crippen molar-refractivity contribution in [3.63, 3.8) is 0 Å². The summed E-state index contributed by atoms with van der Waals surface area (Å²) in [6.45, 7) is -0.183. The Bertz CT molecular complexity index is 1010. The van der Waals surface area contributed by atoms with Crippen molar-refractivity contribution in [1.82, 2.24) is 4.90 Å².